The zero-order valence-electron chi connectivity index (χ0n) is 11.5. The molecule has 0 aliphatic rings. The zero-order chi connectivity index (χ0) is 15.2. The Morgan fingerprint density at radius 3 is 2.75 bits per heavy atom. The number of carboxylic acid groups (broad SMARTS) is 1. The van der Waals surface area contributed by atoms with E-state index < -0.39 is 16.0 Å². The molecule has 0 heterocycles. The number of hydrogen-bond acceptors (Lipinski definition) is 3. The van der Waals surface area contributed by atoms with Crippen molar-refractivity contribution in [2.24, 2.45) is 0 Å². The molecule has 0 amide bonds. The van der Waals surface area contributed by atoms with Crippen LogP contribution in [0.15, 0.2) is 35.2 Å². The first-order chi connectivity index (χ1) is 9.35. The lowest BCUT2D eigenvalue weighted by Crippen LogP contribution is -2.32. The van der Waals surface area contributed by atoms with E-state index in [9.17, 15) is 13.2 Å². The second-order valence-electron chi connectivity index (χ2n) is 4.56. The highest BCUT2D eigenvalue weighted by Gasteiger charge is 2.16. The van der Waals surface area contributed by atoms with Crippen LogP contribution in [0.1, 0.15) is 32.3 Å². The summed E-state index contributed by atoms with van der Waals surface area (Å²) in [5, 5.41) is 8.56. The van der Waals surface area contributed by atoms with E-state index in [1.807, 2.05) is 13.8 Å². The van der Waals surface area contributed by atoms with Gasteiger partial charge in [-0.3, -0.25) is 0 Å². The standard InChI is InChI=1S/C14H19NO4S/c1-3-5-11(2)15-20(18,19)13-7-4-6-12(10-13)8-9-14(16)17/h4,6-11,15H,3,5H2,1-2H3,(H,16,17). The van der Waals surface area contributed by atoms with E-state index in [0.29, 0.717) is 5.56 Å². The fourth-order valence-electron chi connectivity index (χ4n) is 1.78. The molecule has 0 spiro atoms. The van der Waals surface area contributed by atoms with E-state index in [4.69, 9.17) is 5.11 Å². The summed E-state index contributed by atoms with van der Waals surface area (Å²) in [5.74, 6) is -1.08. The first-order valence-electron chi connectivity index (χ1n) is 6.38. The van der Waals surface area contributed by atoms with Crippen LogP contribution >= 0.6 is 0 Å². The van der Waals surface area contributed by atoms with Crippen molar-refractivity contribution in [2.75, 3.05) is 0 Å². The highest BCUT2D eigenvalue weighted by Crippen LogP contribution is 2.14. The Morgan fingerprint density at radius 1 is 1.45 bits per heavy atom. The second-order valence-corrected chi connectivity index (χ2v) is 6.27. The molecule has 0 aromatic heterocycles. The van der Waals surface area contributed by atoms with Crippen LogP contribution < -0.4 is 4.72 Å². The van der Waals surface area contributed by atoms with Crippen molar-refractivity contribution >= 4 is 22.1 Å². The van der Waals surface area contributed by atoms with E-state index in [0.717, 1.165) is 18.9 Å². The molecule has 2 N–H and O–H groups in total. The van der Waals surface area contributed by atoms with E-state index in [1.165, 1.54) is 18.2 Å². The smallest absolute Gasteiger partial charge is 0.328 e. The van der Waals surface area contributed by atoms with Gasteiger partial charge in [-0.2, -0.15) is 0 Å². The average Bonchev–Trinajstić information content (AvgIpc) is 2.36. The van der Waals surface area contributed by atoms with Crippen molar-refractivity contribution < 1.29 is 18.3 Å². The van der Waals surface area contributed by atoms with Gasteiger partial charge in [0.2, 0.25) is 10.0 Å². The topological polar surface area (TPSA) is 83.5 Å². The number of aliphatic carboxylic acids is 1. The Balaban J connectivity index is 2.95. The molecule has 0 radical (unpaired) electrons. The van der Waals surface area contributed by atoms with Gasteiger partial charge < -0.3 is 5.11 Å². The third kappa shape index (κ3) is 5.14. The van der Waals surface area contributed by atoms with Gasteiger partial charge in [-0.25, -0.2) is 17.9 Å². The molecule has 1 unspecified atom stereocenters. The Hall–Kier alpha value is -1.66. The number of sulfonamides is 1. The predicted octanol–water partition coefficient (Wildman–Crippen LogP) is 2.25. The number of benzene rings is 1. The molecule has 1 rings (SSSR count). The van der Waals surface area contributed by atoms with Crippen LogP contribution in [-0.2, 0) is 14.8 Å². The van der Waals surface area contributed by atoms with Crippen molar-refractivity contribution in [3.05, 3.63) is 35.9 Å². The first kappa shape index (κ1) is 16.4. The summed E-state index contributed by atoms with van der Waals surface area (Å²) in [6.07, 6.45) is 3.98. The number of nitrogens with one attached hydrogen (secondary N) is 1. The molecule has 1 atom stereocenters. The van der Waals surface area contributed by atoms with Crippen molar-refractivity contribution in [3.63, 3.8) is 0 Å². The van der Waals surface area contributed by atoms with E-state index in [-0.39, 0.29) is 10.9 Å². The minimum atomic E-state index is -3.57. The Kier molecular flexibility index (Phi) is 5.91. The van der Waals surface area contributed by atoms with Crippen LogP contribution in [0.4, 0.5) is 0 Å². The maximum Gasteiger partial charge on any atom is 0.328 e. The van der Waals surface area contributed by atoms with Crippen LogP contribution in [0.3, 0.4) is 0 Å². The van der Waals surface area contributed by atoms with E-state index in [1.54, 1.807) is 12.1 Å². The molecule has 1 aromatic rings. The zero-order valence-corrected chi connectivity index (χ0v) is 12.4. The van der Waals surface area contributed by atoms with Crippen molar-refractivity contribution in [2.45, 2.75) is 37.6 Å². The van der Waals surface area contributed by atoms with Crippen LogP contribution in [0, 0.1) is 0 Å². The molecular weight excluding hydrogens is 278 g/mol. The molecule has 0 aliphatic heterocycles. The quantitative estimate of drug-likeness (QED) is 0.756. The summed E-state index contributed by atoms with van der Waals surface area (Å²) in [6.45, 7) is 3.80. The molecule has 6 heteroatoms. The highest BCUT2D eigenvalue weighted by molar-refractivity contribution is 7.89. The van der Waals surface area contributed by atoms with Crippen LogP contribution in [0.2, 0.25) is 0 Å². The number of carbonyl (C=O) groups is 1. The van der Waals surface area contributed by atoms with Gasteiger partial charge in [0.05, 0.1) is 4.90 Å². The molecule has 1 aromatic carbocycles. The largest absolute Gasteiger partial charge is 0.478 e. The molecular formula is C14H19NO4S. The minimum absolute atomic E-state index is 0.132. The van der Waals surface area contributed by atoms with Gasteiger partial charge in [-0.05, 0) is 37.1 Å². The molecule has 20 heavy (non-hydrogen) atoms. The number of carboxylic acids is 1. The van der Waals surface area contributed by atoms with E-state index >= 15 is 0 Å². The molecule has 5 nitrogen and oxygen atoms in total. The van der Waals surface area contributed by atoms with Crippen LogP contribution in [0.25, 0.3) is 6.08 Å². The fourth-order valence-corrected chi connectivity index (χ4v) is 3.11. The van der Waals surface area contributed by atoms with Gasteiger partial charge in [-0.1, -0.05) is 25.5 Å². The fraction of sp³-hybridized carbons (Fsp3) is 0.357. The first-order valence-corrected chi connectivity index (χ1v) is 7.87. The van der Waals surface area contributed by atoms with Gasteiger partial charge >= 0.3 is 5.97 Å². The number of rotatable bonds is 7. The SMILES string of the molecule is CCCC(C)NS(=O)(=O)c1cccc(C=CC(=O)O)c1. The third-order valence-corrected chi connectivity index (χ3v) is 4.25. The lowest BCUT2D eigenvalue weighted by molar-refractivity contribution is -0.131. The number of hydrogen-bond donors (Lipinski definition) is 2. The van der Waals surface area contributed by atoms with Gasteiger partial charge in [0, 0.05) is 12.1 Å². The maximum atomic E-state index is 12.2. The van der Waals surface area contributed by atoms with Gasteiger partial charge in [-0.15, -0.1) is 0 Å². The minimum Gasteiger partial charge on any atom is -0.478 e. The van der Waals surface area contributed by atoms with Crippen molar-refractivity contribution in [1.82, 2.24) is 4.72 Å². The van der Waals surface area contributed by atoms with Gasteiger partial charge in [0.1, 0.15) is 0 Å². The lowest BCUT2D eigenvalue weighted by Gasteiger charge is -2.13. The van der Waals surface area contributed by atoms with Gasteiger partial charge in [0.15, 0.2) is 0 Å². The Labute approximate surface area is 119 Å². The van der Waals surface area contributed by atoms with Crippen LogP contribution in [0.5, 0.6) is 0 Å². The summed E-state index contributed by atoms with van der Waals surface area (Å²) in [6, 6.07) is 6.02. The third-order valence-electron chi connectivity index (χ3n) is 2.66. The lowest BCUT2D eigenvalue weighted by atomic mass is 10.2. The summed E-state index contributed by atoms with van der Waals surface area (Å²) < 4.78 is 26.9. The molecule has 0 fully saturated rings. The molecule has 0 saturated heterocycles. The Morgan fingerprint density at radius 2 is 2.15 bits per heavy atom. The Bertz CT molecular complexity index is 593. The monoisotopic (exact) mass is 297 g/mol. The normalized spacial score (nSPS) is 13.5. The van der Waals surface area contributed by atoms with Crippen LogP contribution in [-0.4, -0.2) is 25.5 Å². The molecule has 0 saturated carbocycles. The molecule has 110 valence electrons. The summed E-state index contributed by atoms with van der Waals surface area (Å²) >= 11 is 0. The van der Waals surface area contributed by atoms with Crippen molar-refractivity contribution in [1.29, 1.82) is 0 Å². The second kappa shape index (κ2) is 7.21. The highest BCUT2D eigenvalue weighted by atomic mass is 32.2. The van der Waals surface area contributed by atoms with Crippen molar-refractivity contribution in [3.8, 4) is 0 Å². The summed E-state index contributed by atoms with van der Waals surface area (Å²) in [7, 11) is -3.57. The summed E-state index contributed by atoms with van der Waals surface area (Å²) in [4.78, 5) is 10.6. The predicted molar refractivity (Wildman–Crippen MR) is 77.8 cm³/mol. The molecule has 0 bridgehead atoms. The molecule has 0 aliphatic carbocycles. The van der Waals surface area contributed by atoms with E-state index in [2.05, 4.69) is 4.72 Å². The van der Waals surface area contributed by atoms with Gasteiger partial charge in [0.25, 0.3) is 0 Å². The maximum absolute atomic E-state index is 12.2. The summed E-state index contributed by atoms with van der Waals surface area (Å²) in [5.41, 5.74) is 0.526. The average molecular weight is 297 g/mol.